The number of rotatable bonds is 45. The first-order valence-corrected chi connectivity index (χ1v) is 25.0. The maximum atomic E-state index is 12.7. The van der Waals surface area contributed by atoms with Crippen LogP contribution in [0.1, 0.15) is 258 Å². The number of hydrogen-bond acceptors (Lipinski definition) is 6. The Kier molecular flexibility index (Phi) is 45.4. The SMILES string of the molecule is CCCC/C=C\CCCCCCCC(=O)OCC(COC(=O)CCCCCCC/C=C\CCCCCCCCC)OC(=O)CCCCCCC/C=C\CCCCCC. The van der Waals surface area contributed by atoms with Crippen molar-refractivity contribution in [2.24, 2.45) is 0 Å². The number of allylic oxidation sites excluding steroid dienone is 6. The fraction of sp³-hybridized carbons (Fsp3) is 0.827. The Balaban J connectivity index is 4.37. The summed E-state index contributed by atoms with van der Waals surface area (Å²) in [5.74, 6) is -0.902. The molecule has 0 aliphatic heterocycles. The van der Waals surface area contributed by atoms with Gasteiger partial charge in [-0.05, 0) is 89.9 Å². The highest BCUT2D eigenvalue weighted by Gasteiger charge is 2.19. The second-order valence-electron chi connectivity index (χ2n) is 16.7. The molecule has 1 unspecified atom stereocenters. The Morgan fingerprint density at radius 1 is 0.328 bits per heavy atom. The van der Waals surface area contributed by atoms with Crippen LogP contribution in [0.5, 0.6) is 0 Å². The van der Waals surface area contributed by atoms with E-state index in [1.807, 2.05) is 0 Å². The summed E-state index contributed by atoms with van der Waals surface area (Å²) in [4.78, 5) is 37.8. The first kappa shape index (κ1) is 55.6. The van der Waals surface area contributed by atoms with Crippen molar-refractivity contribution in [3.05, 3.63) is 36.5 Å². The Morgan fingerprint density at radius 2 is 0.586 bits per heavy atom. The van der Waals surface area contributed by atoms with Gasteiger partial charge in [0, 0.05) is 19.3 Å². The molecule has 58 heavy (non-hydrogen) atoms. The average Bonchev–Trinajstić information content (AvgIpc) is 3.22. The van der Waals surface area contributed by atoms with Crippen LogP contribution in [0, 0.1) is 0 Å². The first-order chi connectivity index (χ1) is 28.5. The molecule has 0 aliphatic rings. The molecule has 0 rings (SSSR count). The largest absolute Gasteiger partial charge is 0.462 e. The molecule has 0 heterocycles. The van der Waals surface area contributed by atoms with Gasteiger partial charge in [-0.25, -0.2) is 0 Å². The van der Waals surface area contributed by atoms with Gasteiger partial charge >= 0.3 is 17.9 Å². The molecule has 0 saturated carbocycles. The third-order valence-electron chi connectivity index (χ3n) is 10.8. The predicted octanol–water partition coefficient (Wildman–Crippen LogP) is 16.1. The number of ether oxygens (including phenoxy) is 3. The third kappa shape index (κ3) is 44.7. The van der Waals surface area contributed by atoms with E-state index in [1.165, 1.54) is 135 Å². The zero-order chi connectivity index (χ0) is 42.3. The smallest absolute Gasteiger partial charge is 0.306 e. The van der Waals surface area contributed by atoms with Gasteiger partial charge in [0.05, 0.1) is 0 Å². The van der Waals surface area contributed by atoms with E-state index < -0.39 is 6.10 Å². The topological polar surface area (TPSA) is 78.9 Å². The van der Waals surface area contributed by atoms with E-state index in [-0.39, 0.29) is 31.1 Å². The number of hydrogen-bond donors (Lipinski definition) is 0. The normalized spacial score (nSPS) is 12.3. The Labute approximate surface area is 359 Å². The molecular formula is C52H94O6. The van der Waals surface area contributed by atoms with Crippen LogP contribution < -0.4 is 0 Å². The minimum Gasteiger partial charge on any atom is -0.462 e. The lowest BCUT2D eigenvalue weighted by Crippen LogP contribution is -2.30. The van der Waals surface area contributed by atoms with Gasteiger partial charge in [-0.15, -0.1) is 0 Å². The first-order valence-electron chi connectivity index (χ1n) is 25.0. The van der Waals surface area contributed by atoms with Crippen molar-refractivity contribution in [2.45, 2.75) is 264 Å². The van der Waals surface area contributed by atoms with E-state index in [1.54, 1.807) is 0 Å². The van der Waals surface area contributed by atoms with E-state index in [4.69, 9.17) is 14.2 Å². The molecule has 338 valence electrons. The van der Waals surface area contributed by atoms with Crippen LogP contribution in [0.2, 0.25) is 0 Å². The zero-order valence-electron chi connectivity index (χ0n) is 38.6. The van der Waals surface area contributed by atoms with Gasteiger partial charge in [0.2, 0.25) is 0 Å². The fourth-order valence-corrected chi connectivity index (χ4v) is 7.00. The number of unbranched alkanes of at least 4 members (excludes halogenated alkanes) is 28. The predicted molar refractivity (Wildman–Crippen MR) is 247 cm³/mol. The average molecular weight is 815 g/mol. The van der Waals surface area contributed by atoms with Crippen molar-refractivity contribution in [1.29, 1.82) is 0 Å². The molecule has 6 nitrogen and oxygen atoms in total. The van der Waals surface area contributed by atoms with E-state index in [9.17, 15) is 14.4 Å². The highest BCUT2D eigenvalue weighted by molar-refractivity contribution is 5.71. The summed E-state index contributed by atoms with van der Waals surface area (Å²) in [6, 6.07) is 0. The quantitative estimate of drug-likeness (QED) is 0.0264. The van der Waals surface area contributed by atoms with Crippen LogP contribution in [-0.4, -0.2) is 37.2 Å². The molecule has 0 aromatic rings. The van der Waals surface area contributed by atoms with Crippen LogP contribution in [0.4, 0.5) is 0 Å². The van der Waals surface area contributed by atoms with Crippen LogP contribution in [0.15, 0.2) is 36.5 Å². The summed E-state index contributed by atoms with van der Waals surface area (Å²) in [6.07, 6.45) is 54.1. The van der Waals surface area contributed by atoms with Crippen molar-refractivity contribution in [3.63, 3.8) is 0 Å². The number of carbonyl (C=O) groups is 3. The second kappa shape index (κ2) is 47.3. The Hall–Kier alpha value is -2.37. The lowest BCUT2D eigenvalue weighted by Gasteiger charge is -2.18. The summed E-state index contributed by atoms with van der Waals surface area (Å²) in [5, 5.41) is 0. The fourth-order valence-electron chi connectivity index (χ4n) is 7.00. The van der Waals surface area contributed by atoms with Gasteiger partial charge in [0.1, 0.15) is 13.2 Å². The standard InChI is InChI=1S/C52H94O6/c1-4-7-10-13-16-19-22-24-25-26-28-30-33-36-39-42-45-51(54)57-48-49(47-56-50(53)44-41-38-35-32-29-21-18-15-12-9-6-3)58-52(55)46-43-40-37-34-31-27-23-20-17-14-11-8-5-2/h15,18,20,23,25-26,49H,4-14,16-17,19,21-22,24,27-48H2,1-3H3/b18-15-,23-20-,26-25-. The van der Waals surface area contributed by atoms with Crippen LogP contribution in [0.3, 0.4) is 0 Å². The molecule has 0 amide bonds. The van der Waals surface area contributed by atoms with E-state index >= 15 is 0 Å². The minimum absolute atomic E-state index is 0.0813. The molecule has 0 N–H and O–H groups in total. The summed E-state index contributed by atoms with van der Waals surface area (Å²) < 4.78 is 16.7. The van der Waals surface area contributed by atoms with Crippen LogP contribution >= 0.6 is 0 Å². The van der Waals surface area contributed by atoms with E-state index in [2.05, 4.69) is 57.2 Å². The van der Waals surface area contributed by atoms with E-state index in [0.29, 0.717) is 19.3 Å². The Bertz CT molecular complexity index is 984. The molecule has 0 fully saturated rings. The second-order valence-corrected chi connectivity index (χ2v) is 16.7. The molecule has 0 saturated heterocycles. The monoisotopic (exact) mass is 815 g/mol. The van der Waals surface area contributed by atoms with Gasteiger partial charge in [-0.2, -0.15) is 0 Å². The maximum absolute atomic E-state index is 12.7. The Morgan fingerprint density at radius 3 is 0.931 bits per heavy atom. The van der Waals surface area contributed by atoms with Crippen molar-refractivity contribution >= 4 is 17.9 Å². The van der Waals surface area contributed by atoms with Crippen molar-refractivity contribution in [2.75, 3.05) is 13.2 Å². The van der Waals surface area contributed by atoms with Gasteiger partial charge in [0.15, 0.2) is 6.10 Å². The van der Waals surface area contributed by atoms with Crippen LogP contribution in [-0.2, 0) is 28.6 Å². The maximum Gasteiger partial charge on any atom is 0.306 e. The van der Waals surface area contributed by atoms with Gasteiger partial charge in [-0.1, -0.05) is 186 Å². The minimum atomic E-state index is -0.779. The molecule has 6 heteroatoms. The van der Waals surface area contributed by atoms with Crippen LogP contribution in [0.25, 0.3) is 0 Å². The molecule has 0 bridgehead atoms. The molecular weight excluding hydrogens is 721 g/mol. The lowest BCUT2D eigenvalue weighted by atomic mass is 10.1. The van der Waals surface area contributed by atoms with Crippen molar-refractivity contribution in [1.82, 2.24) is 0 Å². The van der Waals surface area contributed by atoms with Gasteiger partial charge in [-0.3, -0.25) is 14.4 Å². The molecule has 0 aromatic carbocycles. The molecule has 1 atom stereocenters. The number of carbonyl (C=O) groups excluding carboxylic acids is 3. The van der Waals surface area contributed by atoms with Crippen molar-refractivity contribution in [3.8, 4) is 0 Å². The lowest BCUT2D eigenvalue weighted by molar-refractivity contribution is -0.167. The van der Waals surface area contributed by atoms with Crippen molar-refractivity contribution < 1.29 is 28.6 Å². The number of esters is 3. The zero-order valence-corrected chi connectivity index (χ0v) is 38.6. The highest BCUT2D eigenvalue weighted by atomic mass is 16.6. The summed E-state index contributed by atoms with van der Waals surface area (Å²) >= 11 is 0. The molecule has 0 radical (unpaired) electrons. The molecule has 0 aliphatic carbocycles. The molecule has 0 aromatic heterocycles. The highest BCUT2D eigenvalue weighted by Crippen LogP contribution is 2.14. The summed E-state index contributed by atoms with van der Waals surface area (Å²) in [7, 11) is 0. The van der Waals surface area contributed by atoms with Gasteiger partial charge < -0.3 is 14.2 Å². The molecule has 0 spiro atoms. The third-order valence-corrected chi connectivity index (χ3v) is 10.8. The summed E-state index contributed by atoms with van der Waals surface area (Å²) in [5.41, 5.74) is 0. The van der Waals surface area contributed by atoms with E-state index in [0.717, 1.165) is 83.5 Å². The van der Waals surface area contributed by atoms with Gasteiger partial charge in [0.25, 0.3) is 0 Å². The summed E-state index contributed by atoms with van der Waals surface area (Å²) in [6.45, 7) is 6.57.